The van der Waals surface area contributed by atoms with Crippen molar-refractivity contribution in [1.29, 1.82) is 0 Å². The minimum absolute atomic E-state index is 0.00590. The lowest BCUT2D eigenvalue weighted by Gasteiger charge is -2.41. The van der Waals surface area contributed by atoms with Gasteiger partial charge in [0.05, 0.1) is 24.9 Å². The van der Waals surface area contributed by atoms with E-state index in [0.29, 0.717) is 19.6 Å². The highest BCUT2D eigenvalue weighted by Gasteiger charge is 2.38. The van der Waals surface area contributed by atoms with Crippen LogP contribution in [0.3, 0.4) is 0 Å². The Morgan fingerprint density at radius 1 is 1.38 bits per heavy atom. The van der Waals surface area contributed by atoms with Gasteiger partial charge in [-0.3, -0.25) is 0 Å². The van der Waals surface area contributed by atoms with E-state index in [-0.39, 0.29) is 30.4 Å². The maximum absolute atomic E-state index is 12.3. The molecule has 0 radical (unpaired) electrons. The van der Waals surface area contributed by atoms with E-state index >= 15 is 0 Å². The Hall–Kier alpha value is -2.16. The molecule has 0 spiro atoms. The molecule has 2 fully saturated rings. The lowest BCUT2D eigenvalue weighted by atomic mass is 10.1. The summed E-state index contributed by atoms with van der Waals surface area (Å²) in [5.74, 6) is -1.11. The maximum Gasteiger partial charge on any atom is 0.358 e. The topological polar surface area (TPSA) is 112 Å². The number of carboxylic acid groups (broad SMARTS) is 1. The van der Waals surface area contributed by atoms with Crippen molar-refractivity contribution < 1.29 is 19.8 Å². The Labute approximate surface area is 120 Å². The van der Waals surface area contributed by atoms with Gasteiger partial charge in [0.15, 0.2) is 5.69 Å². The molecule has 2 saturated heterocycles. The zero-order valence-corrected chi connectivity index (χ0v) is 11.4. The summed E-state index contributed by atoms with van der Waals surface area (Å²) in [5.41, 5.74) is -0.0975. The zero-order chi connectivity index (χ0) is 15.0. The first-order chi connectivity index (χ1) is 10.1. The van der Waals surface area contributed by atoms with E-state index in [1.54, 1.807) is 9.80 Å². The second kappa shape index (κ2) is 5.32. The molecule has 2 N–H and O–H groups in total. The maximum atomic E-state index is 12.3. The van der Waals surface area contributed by atoms with Crippen molar-refractivity contribution in [3.05, 3.63) is 11.9 Å². The number of carbonyl (C=O) groups excluding carboxylic acids is 1. The number of hydrogen-bond acceptors (Lipinski definition) is 5. The molecule has 2 aliphatic heterocycles. The first-order valence-electron chi connectivity index (χ1n) is 6.91. The summed E-state index contributed by atoms with van der Waals surface area (Å²) < 4.78 is 1.49. The second-order valence-electron chi connectivity index (χ2n) is 5.40. The van der Waals surface area contributed by atoms with Crippen LogP contribution < -0.4 is 0 Å². The molecule has 9 heteroatoms. The van der Waals surface area contributed by atoms with E-state index < -0.39 is 5.97 Å². The normalized spacial score (nSPS) is 22.4. The number of aromatic nitrogens is 3. The van der Waals surface area contributed by atoms with Crippen LogP contribution in [0.1, 0.15) is 29.4 Å². The van der Waals surface area contributed by atoms with Gasteiger partial charge in [0.25, 0.3) is 0 Å². The highest BCUT2D eigenvalue weighted by atomic mass is 16.4. The summed E-state index contributed by atoms with van der Waals surface area (Å²) in [7, 11) is 0. The standard InChI is InChI=1S/C12H17N5O4/c18-7-8-2-1-3-16(8)12(21)15-4-9(5-15)17-6-10(11(19)20)13-14-17/h6,8-9,18H,1-5,7H2,(H,19,20). The van der Waals surface area contributed by atoms with Crippen molar-refractivity contribution in [3.63, 3.8) is 0 Å². The fourth-order valence-electron chi connectivity index (χ4n) is 2.79. The van der Waals surface area contributed by atoms with Crippen molar-refractivity contribution in [2.45, 2.75) is 24.9 Å². The highest BCUT2D eigenvalue weighted by Crippen LogP contribution is 2.25. The molecule has 0 saturated carbocycles. The number of carboxylic acids is 1. The van der Waals surface area contributed by atoms with Crippen LogP contribution in [0.5, 0.6) is 0 Å². The van der Waals surface area contributed by atoms with Gasteiger partial charge in [-0.1, -0.05) is 5.21 Å². The quantitative estimate of drug-likeness (QED) is 0.771. The molecular weight excluding hydrogens is 278 g/mol. The van der Waals surface area contributed by atoms with Crippen molar-refractivity contribution in [1.82, 2.24) is 24.8 Å². The average molecular weight is 295 g/mol. The Bertz CT molecular complexity index is 554. The number of nitrogens with zero attached hydrogens (tertiary/aromatic N) is 5. The Morgan fingerprint density at radius 3 is 2.76 bits per heavy atom. The van der Waals surface area contributed by atoms with Crippen LogP contribution in [0.15, 0.2) is 6.20 Å². The third-order valence-corrected chi connectivity index (χ3v) is 4.07. The molecule has 114 valence electrons. The Morgan fingerprint density at radius 2 is 2.14 bits per heavy atom. The first-order valence-corrected chi connectivity index (χ1v) is 6.91. The van der Waals surface area contributed by atoms with Gasteiger partial charge in [-0.25, -0.2) is 14.3 Å². The molecule has 1 unspecified atom stereocenters. The number of aliphatic hydroxyl groups excluding tert-OH is 1. The van der Waals surface area contributed by atoms with Crippen LogP contribution in [0.2, 0.25) is 0 Å². The summed E-state index contributed by atoms with van der Waals surface area (Å²) in [6.45, 7) is 1.64. The molecule has 9 nitrogen and oxygen atoms in total. The molecular formula is C12H17N5O4. The number of likely N-dealkylation sites (tertiary alicyclic amines) is 2. The summed E-state index contributed by atoms with van der Waals surface area (Å²) in [5, 5.41) is 25.4. The molecule has 1 aromatic rings. The van der Waals surface area contributed by atoms with E-state index in [4.69, 9.17) is 5.11 Å². The van der Waals surface area contributed by atoms with Gasteiger partial charge < -0.3 is 20.0 Å². The minimum Gasteiger partial charge on any atom is -0.476 e. The molecule has 2 amide bonds. The fourth-order valence-corrected chi connectivity index (χ4v) is 2.79. The number of carbonyl (C=O) groups is 2. The van der Waals surface area contributed by atoms with Gasteiger partial charge in [0, 0.05) is 19.6 Å². The third-order valence-electron chi connectivity index (χ3n) is 4.07. The predicted octanol–water partition coefficient (Wildman–Crippen LogP) is -0.590. The highest BCUT2D eigenvalue weighted by molar-refractivity contribution is 5.84. The van der Waals surface area contributed by atoms with Crippen molar-refractivity contribution in [2.24, 2.45) is 0 Å². The van der Waals surface area contributed by atoms with Crippen LogP contribution in [0.4, 0.5) is 4.79 Å². The lowest BCUT2D eigenvalue weighted by Crippen LogP contribution is -2.56. The van der Waals surface area contributed by atoms with E-state index in [2.05, 4.69) is 10.3 Å². The van der Waals surface area contributed by atoms with Crippen LogP contribution in [0.25, 0.3) is 0 Å². The number of urea groups is 1. The predicted molar refractivity (Wildman–Crippen MR) is 69.8 cm³/mol. The van der Waals surface area contributed by atoms with Gasteiger partial charge in [-0.2, -0.15) is 0 Å². The van der Waals surface area contributed by atoms with Crippen molar-refractivity contribution >= 4 is 12.0 Å². The Kier molecular flexibility index (Phi) is 3.50. The molecule has 1 atom stereocenters. The van der Waals surface area contributed by atoms with E-state index in [0.717, 1.165) is 12.8 Å². The van der Waals surface area contributed by atoms with Gasteiger partial charge >= 0.3 is 12.0 Å². The molecule has 21 heavy (non-hydrogen) atoms. The molecule has 2 aliphatic rings. The Balaban J connectivity index is 1.57. The summed E-state index contributed by atoms with van der Waals surface area (Å²) in [6, 6.07) is -0.187. The van der Waals surface area contributed by atoms with Crippen molar-refractivity contribution in [2.75, 3.05) is 26.2 Å². The number of aliphatic hydroxyl groups is 1. The van der Waals surface area contributed by atoms with Gasteiger partial charge in [-0.15, -0.1) is 5.10 Å². The minimum atomic E-state index is -1.11. The number of amides is 2. The zero-order valence-electron chi connectivity index (χ0n) is 11.4. The number of hydrogen-bond donors (Lipinski definition) is 2. The van der Waals surface area contributed by atoms with Crippen molar-refractivity contribution in [3.8, 4) is 0 Å². The smallest absolute Gasteiger partial charge is 0.358 e. The molecule has 0 bridgehead atoms. The van der Waals surface area contributed by atoms with Gasteiger partial charge in [0.1, 0.15) is 0 Å². The van der Waals surface area contributed by atoms with Crippen LogP contribution >= 0.6 is 0 Å². The van der Waals surface area contributed by atoms with Crippen LogP contribution in [-0.2, 0) is 0 Å². The molecule has 0 aliphatic carbocycles. The van der Waals surface area contributed by atoms with E-state index in [1.807, 2.05) is 0 Å². The molecule has 1 aromatic heterocycles. The van der Waals surface area contributed by atoms with E-state index in [1.165, 1.54) is 10.9 Å². The summed E-state index contributed by atoms with van der Waals surface area (Å²) in [6.07, 6.45) is 3.13. The fraction of sp³-hybridized carbons (Fsp3) is 0.667. The summed E-state index contributed by atoms with van der Waals surface area (Å²) in [4.78, 5) is 26.4. The largest absolute Gasteiger partial charge is 0.476 e. The first kappa shape index (κ1) is 13.8. The number of aromatic carboxylic acids is 1. The van der Waals surface area contributed by atoms with Crippen LogP contribution in [0, 0.1) is 0 Å². The molecule has 0 aromatic carbocycles. The van der Waals surface area contributed by atoms with Crippen LogP contribution in [-0.4, -0.2) is 79.3 Å². The number of rotatable bonds is 3. The monoisotopic (exact) mass is 295 g/mol. The molecule has 3 rings (SSSR count). The third kappa shape index (κ3) is 2.44. The average Bonchev–Trinajstić information content (AvgIpc) is 3.05. The van der Waals surface area contributed by atoms with Gasteiger partial charge in [0.2, 0.25) is 0 Å². The second-order valence-corrected chi connectivity index (χ2v) is 5.40. The van der Waals surface area contributed by atoms with Gasteiger partial charge in [-0.05, 0) is 12.8 Å². The lowest BCUT2D eigenvalue weighted by molar-refractivity contribution is 0.0688. The van der Waals surface area contributed by atoms with E-state index in [9.17, 15) is 14.7 Å². The summed E-state index contributed by atoms with van der Waals surface area (Å²) >= 11 is 0. The SMILES string of the molecule is O=C(O)c1cn(C2CN(C(=O)N3CCCC3CO)C2)nn1. The molecule has 3 heterocycles.